The van der Waals surface area contributed by atoms with Gasteiger partial charge in [0, 0.05) is 29.7 Å². The van der Waals surface area contributed by atoms with Crippen molar-refractivity contribution in [2.75, 3.05) is 38.5 Å². The first kappa shape index (κ1) is 14.4. The van der Waals surface area contributed by atoms with Gasteiger partial charge in [-0.3, -0.25) is 0 Å². The second-order valence-electron chi connectivity index (χ2n) is 6.09. The van der Waals surface area contributed by atoms with Crippen LogP contribution in [-0.4, -0.2) is 43.4 Å². The molecule has 1 saturated heterocycles. The molecule has 0 amide bonds. The maximum Gasteiger partial charge on any atom is 0.0108 e. The number of hydrogen-bond acceptors (Lipinski definition) is 3. The average molecular weight is 290 g/mol. The Morgan fingerprint density at radius 3 is 2.80 bits per heavy atom. The van der Waals surface area contributed by atoms with E-state index in [9.17, 15) is 0 Å². The van der Waals surface area contributed by atoms with Crippen LogP contribution >= 0.6 is 11.8 Å². The van der Waals surface area contributed by atoms with Crippen LogP contribution < -0.4 is 5.32 Å². The predicted octanol–water partition coefficient (Wildman–Crippen LogP) is 3.20. The van der Waals surface area contributed by atoms with Crippen LogP contribution in [0.4, 0.5) is 0 Å². The molecule has 0 saturated carbocycles. The van der Waals surface area contributed by atoms with Gasteiger partial charge in [0.1, 0.15) is 0 Å². The lowest BCUT2D eigenvalue weighted by Crippen LogP contribution is -2.38. The summed E-state index contributed by atoms with van der Waals surface area (Å²) in [5, 5.41) is 3.47. The van der Waals surface area contributed by atoms with E-state index in [1.807, 2.05) is 11.8 Å². The monoisotopic (exact) mass is 290 g/mol. The molecule has 1 atom stereocenters. The maximum absolute atomic E-state index is 3.47. The fraction of sp³-hybridized carbons (Fsp3) is 0.647. The van der Waals surface area contributed by atoms with E-state index in [2.05, 4.69) is 41.4 Å². The molecule has 1 unspecified atom stereocenters. The summed E-state index contributed by atoms with van der Waals surface area (Å²) in [7, 11) is 0. The van der Waals surface area contributed by atoms with Gasteiger partial charge in [-0.05, 0) is 50.0 Å². The minimum Gasteiger partial charge on any atom is -0.317 e. The summed E-state index contributed by atoms with van der Waals surface area (Å²) in [6.07, 6.45) is 2.71. The lowest BCUT2D eigenvalue weighted by molar-refractivity contribution is 0.207. The molecule has 0 aromatic heterocycles. The van der Waals surface area contributed by atoms with Gasteiger partial charge in [0.05, 0.1) is 0 Å². The van der Waals surface area contributed by atoms with Crippen molar-refractivity contribution in [1.29, 1.82) is 0 Å². The maximum atomic E-state index is 3.47. The smallest absolute Gasteiger partial charge is 0.0108 e. The number of nitrogens with one attached hydrogen (secondary N) is 1. The summed E-state index contributed by atoms with van der Waals surface area (Å²) in [6.45, 7) is 8.46. The van der Waals surface area contributed by atoms with Gasteiger partial charge >= 0.3 is 0 Å². The molecule has 1 fully saturated rings. The first-order valence-corrected chi connectivity index (χ1v) is 9.00. The molecule has 3 heteroatoms. The van der Waals surface area contributed by atoms with E-state index < -0.39 is 0 Å². The van der Waals surface area contributed by atoms with Gasteiger partial charge in [0.25, 0.3) is 0 Å². The molecule has 20 heavy (non-hydrogen) atoms. The first-order valence-electron chi connectivity index (χ1n) is 8.01. The first-order chi connectivity index (χ1) is 9.86. The Labute approximate surface area is 127 Å². The molecule has 2 aliphatic heterocycles. The van der Waals surface area contributed by atoms with Gasteiger partial charge in [-0.25, -0.2) is 0 Å². The summed E-state index contributed by atoms with van der Waals surface area (Å²) in [5.41, 5.74) is 1.58. The Balaban J connectivity index is 1.58. The molecular formula is C17H26N2S. The Morgan fingerprint density at radius 2 is 2.00 bits per heavy atom. The quantitative estimate of drug-likeness (QED) is 0.896. The zero-order valence-corrected chi connectivity index (χ0v) is 13.3. The summed E-state index contributed by atoms with van der Waals surface area (Å²) in [6, 6.07) is 8.98. The van der Waals surface area contributed by atoms with Crippen molar-refractivity contribution in [2.45, 2.75) is 30.6 Å². The summed E-state index contributed by atoms with van der Waals surface area (Å²) in [4.78, 5) is 4.19. The molecule has 3 rings (SSSR count). The zero-order valence-electron chi connectivity index (χ0n) is 12.5. The number of benzene rings is 1. The van der Waals surface area contributed by atoms with E-state index in [1.54, 1.807) is 5.56 Å². The third-order valence-corrected chi connectivity index (χ3v) is 5.95. The average Bonchev–Trinajstić information content (AvgIpc) is 2.91. The van der Waals surface area contributed by atoms with Crippen molar-refractivity contribution in [3.63, 3.8) is 0 Å². The molecular weight excluding hydrogens is 264 g/mol. The van der Waals surface area contributed by atoms with Crippen molar-refractivity contribution >= 4 is 11.8 Å². The van der Waals surface area contributed by atoms with Crippen LogP contribution in [0.2, 0.25) is 0 Å². The highest BCUT2D eigenvalue weighted by Crippen LogP contribution is 2.39. The molecule has 0 aliphatic carbocycles. The van der Waals surface area contributed by atoms with Gasteiger partial charge in [-0.2, -0.15) is 0 Å². The van der Waals surface area contributed by atoms with Crippen LogP contribution in [0, 0.1) is 5.92 Å². The van der Waals surface area contributed by atoms with Crippen molar-refractivity contribution in [3.05, 3.63) is 29.8 Å². The highest BCUT2D eigenvalue weighted by molar-refractivity contribution is 7.99. The topological polar surface area (TPSA) is 15.3 Å². The lowest BCUT2D eigenvalue weighted by Gasteiger charge is -2.31. The van der Waals surface area contributed by atoms with Crippen LogP contribution in [0.5, 0.6) is 0 Å². The van der Waals surface area contributed by atoms with Crippen LogP contribution in [0.3, 0.4) is 0 Å². The van der Waals surface area contributed by atoms with Crippen LogP contribution in [-0.2, 0) is 0 Å². The third kappa shape index (κ3) is 3.38. The van der Waals surface area contributed by atoms with Crippen molar-refractivity contribution in [3.8, 4) is 0 Å². The van der Waals surface area contributed by atoms with Crippen molar-refractivity contribution in [1.82, 2.24) is 10.2 Å². The number of piperidine rings is 1. The number of hydrogen-bond donors (Lipinski definition) is 1. The highest BCUT2D eigenvalue weighted by Gasteiger charge is 2.25. The van der Waals surface area contributed by atoms with Crippen LogP contribution in [0.1, 0.15) is 31.2 Å². The number of thioether (sulfide) groups is 1. The van der Waals surface area contributed by atoms with Crippen molar-refractivity contribution in [2.24, 2.45) is 5.92 Å². The molecule has 1 aromatic carbocycles. The molecule has 1 N–H and O–H groups in total. The van der Waals surface area contributed by atoms with Gasteiger partial charge in [-0.1, -0.05) is 25.1 Å². The molecule has 2 heterocycles. The molecule has 1 aromatic rings. The molecule has 0 spiro atoms. The van der Waals surface area contributed by atoms with E-state index in [4.69, 9.17) is 0 Å². The van der Waals surface area contributed by atoms with Gasteiger partial charge in [-0.15, -0.1) is 11.8 Å². The van der Waals surface area contributed by atoms with E-state index in [1.165, 1.54) is 56.2 Å². The number of rotatable bonds is 5. The van der Waals surface area contributed by atoms with E-state index in [0.717, 1.165) is 11.8 Å². The number of fused-ring (bicyclic) bond motifs is 1. The second kappa shape index (κ2) is 6.97. The van der Waals surface area contributed by atoms with E-state index in [-0.39, 0.29) is 0 Å². The Kier molecular flexibility index (Phi) is 5.03. The van der Waals surface area contributed by atoms with Gasteiger partial charge in [0.15, 0.2) is 0 Å². The minimum absolute atomic E-state index is 0.734. The van der Waals surface area contributed by atoms with Crippen LogP contribution in [0.15, 0.2) is 29.2 Å². The molecule has 2 nitrogen and oxygen atoms in total. The summed E-state index contributed by atoms with van der Waals surface area (Å²) < 4.78 is 0. The molecule has 0 bridgehead atoms. The predicted molar refractivity (Wildman–Crippen MR) is 87.6 cm³/mol. The summed E-state index contributed by atoms with van der Waals surface area (Å²) >= 11 is 2.04. The molecule has 2 aliphatic rings. The highest BCUT2D eigenvalue weighted by atomic mass is 32.2. The fourth-order valence-electron chi connectivity index (χ4n) is 3.45. The molecule has 110 valence electrons. The van der Waals surface area contributed by atoms with Gasteiger partial charge in [0.2, 0.25) is 0 Å². The van der Waals surface area contributed by atoms with E-state index in [0.29, 0.717) is 0 Å². The largest absolute Gasteiger partial charge is 0.317 e. The molecule has 0 radical (unpaired) electrons. The van der Waals surface area contributed by atoms with E-state index >= 15 is 0 Å². The third-order valence-electron chi connectivity index (χ3n) is 4.70. The lowest BCUT2D eigenvalue weighted by atomic mass is 9.96. The zero-order chi connectivity index (χ0) is 13.8. The SMILES string of the molecule is CCN(CC1CCNCC1)CC1CSc2ccccc21. The normalized spacial score (nSPS) is 23.2. The Bertz CT molecular complexity index is 429. The second-order valence-corrected chi connectivity index (χ2v) is 7.15. The van der Waals surface area contributed by atoms with Gasteiger partial charge < -0.3 is 10.2 Å². The Hall–Kier alpha value is -0.510. The standard InChI is InChI=1S/C17H26N2S/c1-2-19(11-14-7-9-18-10-8-14)12-15-13-20-17-6-4-3-5-16(15)17/h3-6,14-15,18H,2,7-13H2,1H3. The number of nitrogens with zero attached hydrogens (tertiary/aromatic N) is 1. The Morgan fingerprint density at radius 1 is 1.20 bits per heavy atom. The minimum atomic E-state index is 0.734. The fourth-order valence-corrected chi connectivity index (χ4v) is 4.70. The van der Waals surface area contributed by atoms with Crippen LogP contribution in [0.25, 0.3) is 0 Å². The van der Waals surface area contributed by atoms with Crippen molar-refractivity contribution < 1.29 is 0 Å². The summed E-state index contributed by atoms with van der Waals surface area (Å²) in [5.74, 6) is 2.90. The number of likely N-dealkylation sites (N-methyl/N-ethyl adjacent to an activating group) is 1.